The smallest absolute Gasteiger partial charge is 0.173 e. The second-order valence-corrected chi connectivity index (χ2v) is 8.26. The van der Waals surface area contributed by atoms with Crippen molar-refractivity contribution in [3.05, 3.63) is 23.5 Å². The zero-order valence-corrected chi connectivity index (χ0v) is 13.8. The van der Waals surface area contributed by atoms with Gasteiger partial charge in [-0.2, -0.15) is 5.10 Å². The van der Waals surface area contributed by atoms with E-state index in [-0.39, 0.29) is 11.8 Å². The molecule has 1 aliphatic heterocycles. The summed E-state index contributed by atoms with van der Waals surface area (Å²) < 4.78 is 24.9. The molecule has 4 rings (SSSR count). The molecule has 1 aliphatic carbocycles. The van der Waals surface area contributed by atoms with Crippen LogP contribution in [0.5, 0.6) is 0 Å². The van der Waals surface area contributed by atoms with E-state index < -0.39 is 9.84 Å². The van der Waals surface area contributed by atoms with E-state index in [2.05, 4.69) is 10.4 Å². The van der Waals surface area contributed by atoms with E-state index in [4.69, 9.17) is 9.97 Å². The molecule has 2 aromatic heterocycles. The molecule has 8 heteroatoms. The van der Waals surface area contributed by atoms with Crippen molar-refractivity contribution < 1.29 is 8.42 Å². The van der Waals surface area contributed by atoms with Crippen molar-refractivity contribution in [3.8, 4) is 0 Å². The molecule has 0 aromatic carbocycles. The van der Waals surface area contributed by atoms with Gasteiger partial charge in [0.2, 0.25) is 0 Å². The molecule has 2 aromatic rings. The van der Waals surface area contributed by atoms with E-state index >= 15 is 0 Å². The van der Waals surface area contributed by atoms with Gasteiger partial charge in [0.25, 0.3) is 0 Å². The van der Waals surface area contributed by atoms with Crippen molar-refractivity contribution in [3.63, 3.8) is 0 Å². The number of rotatable bonds is 3. The van der Waals surface area contributed by atoms with Crippen molar-refractivity contribution in [2.75, 3.05) is 11.1 Å². The highest BCUT2D eigenvalue weighted by molar-refractivity contribution is 7.94. The highest BCUT2D eigenvalue weighted by Crippen LogP contribution is 2.34. The number of nitrogens with one attached hydrogen (secondary N) is 1. The summed E-state index contributed by atoms with van der Waals surface area (Å²) in [6, 6.07) is -0.255. The van der Waals surface area contributed by atoms with Gasteiger partial charge in [-0.05, 0) is 18.9 Å². The summed E-state index contributed by atoms with van der Waals surface area (Å²) >= 11 is 0. The molecule has 1 atom stereocenters. The fraction of sp³-hybridized carbons (Fsp3) is 0.533. The van der Waals surface area contributed by atoms with Gasteiger partial charge in [0.1, 0.15) is 11.6 Å². The van der Waals surface area contributed by atoms with E-state index in [1.807, 2.05) is 7.05 Å². The van der Waals surface area contributed by atoms with Crippen LogP contribution in [0.15, 0.2) is 17.7 Å². The van der Waals surface area contributed by atoms with Gasteiger partial charge >= 0.3 is 0 Å². The van der Waals surface area contributed by atoms with Gasteiger partial charge in [-0.15, -0.1) is 0 Å². The van der Waals surface area contributed by atoms with Gasteiger partial charge in [-0.1, -0.05) is 12.8 Å². The lowest BCUT2D eigenvalue weighted by Crippen LogP contribution is -2.22. The number of sulfone groups is 1. The highest BCUT2D eigenvalue weighted by atomic mass is 32.2. The number of aromatic nitrogens is 4. The molecule has 1 N–H and O–H groups in total. The lowest BCUT2D eigenvalue weighted by Gasteiger charge is -2.15. The predicted octanol–water partition coefficient (Wildman–Crippen LogP) is 1.74. The Labute approximate surface area is 134 Å². The van der Waals surface area contributed by atoms with Gasteiger partial charge in [0, 0.05) is 18.4 Å². The van der Waals surface area contributed by atoms with Gasteiger partial charge < -0.3 is 5.32 Å². The van der Waals surface area contributed by atoms with Crippen LogP contribution >= 0.6 is 0 Å². The van der Waals surface area contributed by atoms with E-state index in [0.717, 1.165) is 29.7 Å². The summed E-state index contributed by atoms with van der Waals surface area (Å²) in [6.45, 7) is 0. The van der Waals surface area contributed by atoms with Crippen LogP contribution in [-0.2, 0) is 16.9 Å². The Hall–Kier alpha value is -1.96. The zero-order valence-electron chi connectivity index (χ0n) is 12.9. The third-order valence-electron chi connectivity index (χ3n) is 4.58. The lowest BCUT2D eigenvalue weighted by molar-refractivity contribution is 0.605. The lowest BCUT2D eigenvalue weighted by atomic mass is 10.1. The van der Waals surface area contributed by atoms with E-state index in [1.54, 1.807) is 17.0 Å². The standard InChI is InChI=1S/C15H19N5O2S/c1-20-15-12(8-16-20)14(17-11-6-7-23(21,22)9-11)18-13(19-15)10-4-2-3-5-10/h6-8,10-11H,2-5,9H2,1H3,(H,17,18,19). The summed E-state index contributed by atoms with van der Waals surface area (Å²) in [4.78, 5) is 9.40. The molecule has 122 valence electrons. The van der Waals surface area contributed by atoms with Crippen LogP contribution in [0.3, 0.4) is 0 Å². The Morgan fingerprint density at radius 3 is 2.74 bits per heavy atom. The second kappa shape index (κ2) is 5.30. The van der Waals surface area contributed by atoms with Crippen molar-refractivity contribution in [2.45, 2.75) is 37.6 Å². The third kappa shape index (κ3) is 2.71. The van der Waals surface area contributed by atoms with Gasteiger partial charge in [-0.3, -0.25) is 4.68 Å². The summed E-state index contributed by atoms with van der Waals surface area (Å²) in [6.07, 6.45) is 8.05. The molecule has 0 radical (unpaired) electrons. The van der Waals surface area contributed by atoms with E-state index in [9.17, 15) is 8.42 Å². The first-order chi connectivity index (χ1) is 11.0. The summed E-state index contributed by atoms with van der Waals surface area (Å²) in [7, 11) is -1.24. The third-order valence-corrected chi connectivity index (χ3v) is 5.98. The zero-order chi connectivity index (χ0) is 16.0. The van der Waals surface area contributed by atoms with Crippen LogP contribution in [0.2, 0.25) is 0 Å². The van der Waals surface area contributed by atoms with Crippen molar-refractivity contribution >= 4 is 26.7 Å². The molecule has 0 saturated heterocycles. The maximum atomic E-state index is 11.6. The SMILES string of the molecule is Cn1ncc2c(NC3C=CS(=O)(=O)C3)nc(C3CCCC3)nc21. The first-order valence-corrected chi connectivity index (χ1v) is 9.60. The molecule has 1 fully saturated rings. The molecular formula is C15H19N5O2S. The summed E-state index contributed by atoms with van der Waals surface area (Å²) in [5, 5.41) is 9.61. The predicted molar refractivity (Wildman–Crippen MR) is 87.9 cm³/mol. The molecule has 3 heterocycles. The number of aryl methyl sites for hydroxylation is 1. The average Bonchev–Trinajstić information content (AvgIpc) is 3.21. The minimum atomic E-state index is -3.10. The Morgan fingerprint density at radius 1 is 1.26 bits per heavy atom. The largest absolute Gasteiger partial charge is 0.362 e. The second-order valence-electron chi connectivity index (χ2n) is 6.33. The molecule has 23 heavy (non-hydrogen) atoms. The Bertz CT molecular complexity index is 881. The average molecular weight is 333 g/mol. The van der Waals surface area contributed by atoms with Crippen LogP contribution in [0.4, 0.5) is 5.82 Å². The number of nitrogens with zero attached hydrogens (tertiary/aromatic N) is 4. The van der Waals surface area contributed by atoms with Crippen LogP contribution in [0.1, 0.15) is 37.4 Å². The van der Waals surface area contributed by atoms with Gasteiger partial charge in [0.15, 0.2) is 15.5 Å². The molecule has 1 unspecified atom stereocenters. The maximum absolute atomic E-state index is 11.6. The van der Waals surface area contributed by atoms with E-state index in [0.29, 0.717) is 11.7 Å². The fourth-order valence-electron chi connectivity index (χ4n) is 3.36. The Kier molecular flexibility index (Phi) is 3.37. The topological polar surface area (TPSA) is 89.8 Å². The number of fused-ring (bicyclic) bond motifs is 1. The molecule has 0 bridgehead atoms. The number of anilines is 1. The van der Waals surface area contributed by atoms with Crippen LogP contribution in [-0.4, -0.2) is 40.0 Å². The minimum absolute atomic E-state index is 0.0670. The molecule has 2 aliphatic rings. The van der Waals surface area contributed by atoms with Crippen molar-refractivity contribution in [1.82, 2.24) is 19.7 Å². The van der Waals surface area contributed by atoms with Crippen molar-refractivity contribution in [1.29, 1.82) is 0 Å². The molecular weight excluding hydrogens is 314 g/mol. The summed E-state index contributed by atoms with van der Waals surface area (Å²) in [5.41, 5.74) is 0.786. The van der Waals surface area contributed by atoms with E-state index in [1.165, 1.54) is 18.2 Å². The minimum Gasteiger partial charge on any atom is -0.362 e. The normalized spacial score (nSPS) is 23.8. The van der Waals surface area contributed by atoms with Gasteiger partial charge in [0.05, 0.1) is 23.4 Å². The first-order valence-electron chi connectivity index (χ1n) is 7.89. The Morgan fingerprint density at radius 2 is 2.04 bits per heavy atom. The first kappa shape index (κ1) is 14.6. The van der Waals surface area contributed by atoms with Gasteiger partial charge in [-0.25, -0.2) is 18.4 Å². The van der Waals surface area contributed by atoms with Crippen LogP contribution < -0.4 is 5.32 Å². The van der Waals surface area contributed by atoms with Crippen LogP contribution in [0.25, 0.3) is 11.0 Å². The molecule has 7 nitrogen and oxygen atoms in total. The fourth-order valence-corrected chi connectivity index (χ4v) is 4.59. The molecule has 1 saturated carbocycles. The van der Waals surface area contributed by atoms with Crippen LogP contribution in [0, 0.1) is 0 Å². The molecule has 0 amide bonds. The highest BCUT2D eigenvalue weighted by Gasteiger charge is 2.25. The number of hydrogen-bond acceptors (Lipinski definition) is 6. The Balaban J connectivity index is 1.73. The monoisotopic (exact) mass is 333 g/mol. The molecule has 0 spiro atoms. The maximum Gasteiger partial charge on any atom is 0.173 e. The quantitative estimate of drug-likeness (QED) is 0.920. The number of hydrogen-bond donors (Lipinski definition) is 1. The van der Waals surface area contributed by atoms with Crippen molar-refractivity contribution in [2.24, 2.45) is 7.05 Å². The summed E-state index contributed by atoms with van der Waals surface area (Å²) in [5.74, 6) is 1.97.